The minimum atomic E-state index is 0.116. The Bertz CT molecular complexity index is 427. The van der Waals surface area contributed by atoms with Crippen molar-refractivity contribution in [2.24, 2.45) is 0 Å². The molecule has 114 valence electrons. The number of aryl methyl sites for hydroxylation is 1. The Morgan fingerprint density at radius 1 is 1.15 bits per heavy atom. The summed E-state index contributed by atoms with van der Waals surface area (Å²) in [5, 5.41) is 0.981. The number of nitrogens with zero attached hydrogens (tertiary/aromatic N) is 3. The Hall–Kier alpha value is -0.940. The van der Waals surface area contributed by atoms with Crippen LogP contribution in [0.1, 0.15) is 49.5 Å². The van der Waals surface area contributed by atoms with Crippen molar-refractivity contribution in [3.8, 4) is 0 Å². The molecule has 20 heavy (non-hydrogen) atoms. The summed E-state index contributed by atoms with van der Waals surface area (Å²) in [5.41, 5.74) is 0.861. The Balaban J connectivity index is 2.62. The topological polar surface area (TPSA) is 36.4 Å². The first kappa shape index (κ1) is 17.1. The summed E-state index contributed by atoms with van der Waals surface area (Å²) in [7, 11) is 0. The number of Topliss-reactive ketones (excluding diaryl/α,β-unsaturated/α-hetero) is 1. The molecule has 0 bridgehead atoms. The second-order valence-corrected chi connectivity index (χ2v) is 5.90. The highest BCUT2D eigenvalue weighted by Crippen LogP contribution is 2.26. The molecule has 5 heteroatoms. The fourth-order valence-corrected chi connectivity index (χ4v) is 3.31. The third-order valence-electron chi connectivity index (χ3n) is 3.55. The average molecular weight is 297 g/mol. The maximum Gasteiger partial charge on any atom is 0.186 e. The standard InChI is InChI=1S/C15H27N3OS/c1-6-17(7-2)10-9-11-18(8-3)15-16-12(4)14(20-15)13(5)19/h6-11H2,1-5H3. The minimum Gasteiger partial charge on any atom is -0.348 e. The molecule has 0 aliphatic heterocycles. The van der Waals surface area contributed by atoms with E-state index < -0.39 is 0 Å². The molecule has 1 aromatic rings. The number of carbonyl (C=O) groups is 1. The molecule has 1 heterocycles. The van der Waals surface area contributed by atoms with Gasteiger partial charge in [-0.2, -0.15) is 0 Å². The molecule has 0 saturated carbocycles. The van der Waals surface area contributed by atoms with Crippen molar-refractivity contribution in [1.29, 1.82) is 0 Å². The van der Waals surface area contributed by atoms with Crippen molar-refractivity contribution < 1.29 is 4.79 Å². The van der Waals surface area contributed by atoms with Gasteiger partial charge in [0, 0.05) is 20.0 Å². The van der Waals surface area contributed by atoms with E-state index in [4.69, 9.17) is 0 Å². The van der Waals surface area contributed by atoms with E-state index in [1.807, 2.05) is 6.92 Å². The molecule has 0 amide bonds. The molecule has 0 aromatic carbocycles. The molecule has 0 radical (unpaired) electrons. The van der Waals surface area contributed by atoms with E-state index in [2.05, 4.69) is 35.6 Å². The smallest absolute Gasteiger partial charge is 0.186 e. The summed E-state index contributed by atoms with van der Waals surface area (Å²) in [6.07, 6.45) is 1.13. The lowest BCUT2D eigenvalue weighted by molar-refractivity contribution is 0.102. The van der Waals surface area contributed by atoms with Crippen LogP contribution in [0.15, 0.2) is 0 Å². The summed E-state index contributed by atoms with van der Waals surface area (Å²) in [5.74, 6) is 0.116. The van der Waals surface area contributed by atoms with Crippen LogP contribution in [0.5, 0.6) is 0 Å². The molecule has 4 nitrogen and oxygen atoms in total. The Labute approximate surface area is 126 Å². The molecule has 1 rings (SSSR count). The van der Waals surface area contributed by atoms with Crippen LogP contribution in [0.2, 0.25) is 0 Å². The van der Waals surface area contributed by atoms with Gasteiger partial charge in [0.15, 0.2) is 10.9 Å². The summed E-state index contributed by atoms with van der Waals surface area (Å²) in [6, 6.07) is 0. The van der Waals surface area contributed by atoms with Gasteiger partial charge in [-0.1, -0.05) is 25.2 Å². The molecule has 0 saturated heterocycles. The lowest BCUT2D eigenvalue weighted by Crippen LogP contribution is -2.29. The number of carbonyl (C=O) groups excluding carboxylic acids is 1. The first-order chi connectivity index (χ1) is 9.53. The summed E-state index contributed by atoms with van der Waals surface area (Å²) >= 11 is 1.52. The molecule has 0 spiro atoms. The largest absolute Gasteiger partial charge is 0.348 e. The number of rotatable bonds is 9. The summed E-state index contributed by atoms with van der Waals surface area (Å²) in [4.78, 5) is 21.6. The summed E-state index contributed by atoms with van der Waals surface area (Å²) < 4.78 is 0. The maximum absolute atomic E-state index is 11.5. The van der Waals surface area contributed by atoms with Crippen LogP contribution >= 0.6 is 11.3 Å². The van der Waals surface area contributed by atoms with E-state index in [1.54, 1.807) is 6.92 Å². The molecular weight excluding hydrogens is 270 g/mol. The van der Waals surface area contributed by atoms with E-state index in [9.17, 15) is 4.79 Å². The lowest BCUT2D eigenvalue weighted by Gasteiger charge is -2.23. The zero-order valence-electron chi connectivity index (χ0n) is 13.4. The molecule has 0 fully saturated rings. The van der Waals surface area contributed by atoms with E-state index in [0.717, 1.165) is 54.8 Å². The van der Waals surface area contributed by atoms with Crippen molar-refractivity contribution in [3.05, 3.63) is 10.6 Å². The van der Waals surface area contributed by atoms with E-state index in [-0.39, 0.29) is 5.78 Å². The van der Waals surface area contributed by atoms with Gasteiger partial charge in [0.05, 0.1) is 10.6 Å². The van der Waals surface area contributed by atoms with Gasteiger partial charge in [-0.3, -0.25) is 4.79 Å². The number of anilines is 1. The minimum absolute atomic E-state index is 0.116. The van der Waals surface area contributed by atoms with E-state index >= 15 is 0 Å². The number of ketones is 1. The number of thiazole rings is 1. The predicted molar refractivity (Wildman–Crippen MR) is 87.1 cm³/mol. The molecule has 0 aliphatic carbocycles. The Morgan fingerprint density at radius 3 is 2.25 bits per heavy atom. The van der Waals surface area contributed by atoms with Crippen molar-refractivity contribution in [2.75, 3.05) is 37.6 Å². The molecule has 0 unspecified atom stereocenters. The second-order valence-electron chi connectivity index (χ2n) is 4.93. The SMILES string of the molecule is CCN(CC)CCCN(CC)c1nc(C)c(C(C)=O)s1. The molecular formula is C15H27N3OS. The second kappa shape index (κ2) is 8.37. The van der Waals surface area contributed by atoms with E-state index in [1.165, 1.54) is 11.3 Å². The number of aromatic nitrogens is 1. The highest BCUT2D eigenvalue weighted by Gasteiger charge is 2.15. The van der Waals surface area contributed by atoms with Gasteiger partial charge < -0.3 is 9.80 Å². The zero-order chi connectivity index (χ0) is 15.1. The van der Waals surface area contributed by atoms with Crippen LogP contribution in [0.4, 0.5) is 5.13 Å². The van der Waals surface area contributed by atoms with Gasteiger partial charge in [0.25, 0.3) is 0 Å². The van der Waals surface area contributed by atoms with Crippen LogP contribution in [0.3, 0.4) is 0 Å². The van der Waals surface area contributed by atoms with Crippen LogP contribution in [0, 0.1) is 6.92 Å². The third kappa shape index (κ3) is 4.56. The van der Waals surface area contributed by atoms with Gasteiger partial charge >= 0.3 is 0 Å². The Morgan fingerprint density at radius 2 is 1.80 bits per heavy atom. The van der Waals surface area contributed by atoms with Crippen molar-refractivity contribution in [2.45, 2.75) is 41.0 Å². The maximum atomic E-state index is 11.5. The molecule has 0 N–H and O–H groups in total. The lowest BCUT2D eigenvalue weighted by atomic mass is 10.3. The normalized spacial score (nSPS) is 11.1. The highest BCUT2D eigenvalue weighted by atomic mass is 32.1. The van der Waals surface area contributed by atoms with Crippen LogP contribution in [-0.4, -0.2) is 48.4 Å². The Kier molecular flexibility index (Phi) is 7.16. The van der Waals surface area contributed by atoms with Crippen LogP contribution in [0.25, 0.3) is 0 Å². The number of hydrogen-bond acceptors (Lipinski definition) is 5. The van der Waals surface area contributed by atoms with Gasteiger partial charge in [-0.15, -0.1) is 0 Å². The number of hydrogen-bond donors (Lipinski definition) is 0. The van der Waals surface area contributed by atoms with Gasteiger partial charge in [0.1, 0.15) is 0 Å². The van der Waals surface area contributed by atoms with E-state index in [0.29, 0.717) is 0 Å². The first-order valence-electron chi connectivity index (χ1n) is 7.49. The zero-order valence-corrected chi connectivity index (χ0v) is 14.2. The molecule has 0 atom stereocenters. The monoisotopic (exact) mass is 297 g/mol. The predicted octanol–water partition coefficient (Wildman–Crippen LogP) is 3.21. The highest BCUT2D eigenvalue weighted by molar-refractivity contribution is 7.17. The average Bonchev–Trinajstić information content (AvgIpc) is 2.81. The van der Waals surface area contributed by atoms with Crippen LogP contribution < -0.4 is 4.90 Å². The quantitative estimate of drug-likeness (QED) is 0.656. The van der Waals surface area contributed by atoms with Gasteiger partial charge in [0.2, 0.25) is 0 Å². The van der Waals surface area contributed by atoms with Crippen molar-refractivity contribution >= 4 is 22.3 Å². The molecule has 1 aromatic heterocycles. The van der Waals surface area contributed by atoms with Crippen molar-refractivity contribution in [1.82, 2.24) is 9.88 Å². The van der Waals surface area contributed by atoms with Crippen molar-refractivity contribution in [3.63, 3.8) is 0 Å². The van der Waals surface area contributed by atoms with Gasteiger partial charge in [-0.05, 0) is 39.9 Å². The van der Waals surface area contributed by atoms with Gasteiger partial charge in [-0.25, -0.2) is 4.98 Å². The summed E-state index contributed by atoms with van der Waals surface area (Å²) in [6.45, 7) is 15.3. The fraction of sp³-hybridized carbons (Fsp3) is 0.733. The first-order valence-corrected chi connectivity index (χ1v) is 8.30. The fourth-order valence-electron chi connectivity index (χ4n) is 2.26. The molecule has 0 aliphatic rings. The third-order valence-corrected chi connectivity index (χ3v) is 4.87. The van der Waals surface area contributed by atoms with Crippen LogP contribution in [-0.2, 0) is 0 Å².